The van der Waals surface area contributed by atoms with Gasteiger partial charge in [0.1, 0.15) is 0 Å². The van der Waals surface area contributed by atoms with Gasteiger partial charge in [0.25, 0.3) is 0 Å². The van der Waals surface area contributed by atoms with Gasteiger partial charge in [-0.2, -0.15) is 5.10 Å². The maximum atomic E-state index is 11.3. The van der Waals surface area contributed by atoms with Crippen molar-refractivity contribution in [2.45, 2.75) is 45.1 Å². The van der Waals surface area contributed by atoms with Crippen LogP contribution in [-0.2, 0) is 6.54 Å². The Kier molecular flexibility index (Phi) is 3.72. The maximum absolute atomic E-state index is 11.3. The zero-order valence-electron chi connectivity index (χ0n) is 11.7. The van der Waals surface area contributed by atoms with E-state index in [1.165, 1.54) is 38.5 Å². The van der Waals surface area contributed by atoms with Crippen LogP contribution in [0.1, 0.15) is 48.9 Å². The number of hydrogen-bond donors (Lipinski definition) is 1. The predicted molar refractivity (Wildman–Crippen MR) is 79.4 cm³/mol. The zero-order chi connectivity index (χ0) is 13.9. The summed E-state index contributed by atoms with van der Waals surface area (Å²) in [4.78, 5) is 11.3. The lowest BCUT2D eigenvalue weighted by atomic mass is 10.0. The van der Waals surface area contributed by atoms with Crippen molar-refractivity contribution in [2.75, 3.05) is 0 Å². The number of fused-ring (bicyclic) bond motifs is 1. The van der Waals surface area contributed by atoms with E-state index < -0.39 is 0 Å². The maximum Gasteiger partial charge on any atom is 0.248 e. The van der Waals surface area contributed by atoms with Gasteiger partial charge in [0.15, 0.2) is 0 Å². The number of amides is 1. The molecule has 0 spiro atoms. The van der Waals surface area contributed by atoms with Crippen molar-refractivity contribution in [1.82, 2.24) is 9.78 Å². The Morgan fingerprint density at radius 1 is 1.25 bits per heavy atom. The smallest absolute Gasteiger partial charge is 0.248 e. The summed E-state index contributed by atoms with van der Waals surface area (Å²) in [5.41, 5.74) is 6.93. The molecule has 0 atom stereocenters. The van der Waals surface area contributed by atoms with Crippen LogP contribution >= 0.6 is 0 Å². The lowest BCUT2D eigenvalue weighted by molar-refractivity contribution is 0.100. The second-order valence-electron chi connectivity index (χ2n) is 5.82. The molecule has 1 aliphatic carbocycles. The van der Waals surface area contributed by atoms with E-state index in [4.69, 9.17) is 5.73 Å². The van der Waals surface area contributed by atoms with Crippen LogP contribution in [0.3, 0.4) is 0 Å². The van der Waals surface area contributed by atoms with E-state index in [-0.39, 0.29) is 5.91 Å². The molecule has 0 unspecified atom stereocenters. The summed E-state index contributed by atoms with van der Waals surface area (Å²) in [6.45, 7) is 0.950. The summed E-state index contributed by atoms with van der Waals surface area (Å²) in [5, 5.41) is 5.56. The highest BCUT2D eigenvalue weighted by Gasteiger charge is 2.15. The third-order valence-corrected chi connectivity index (χ3v) is 4.34. The topological polar surface area (TPSA) is 60.9 Å². The number of benzene rings is 1. The Hall–Kier alpha value is -1.84. The molecule has 4 nitrogen and oxygen atoms in total. The van der Waals surface area contributed by atoms with Crippen LogP contribution in [0.4, 0.5) is 0 Å². The van der Waals surface area contributed by atoms with Crippen LogP contribution in [0.5, 0.6) is 0 Å². The van der Waals surface area contributed by atoms with Gasteiger partial charge in [-0.25, -0.2) is 0 Å². The van der Waals surface area contributed by atoms with Gasteiger partial charge in [-0.3, -0.25) is 9.48 Å². The molecule has 1 fully saturated rings. The fourth-order valence-corrected chi connectivity index (χ4v) is 3.16. The Labute approximate surface area is 119 Å². The number of nitrogens with two attached hydrogens (primary N) is 1. The Balaban J connectivity index is 1.86. The van der Waals surface area contributed by atoms with Crippen LogP contribution in [0, 0.1) is 5.92 Å². The first-order valence-corrected chi connectivity index (χ1v) is 7.49. The highest BCUT2D eigenvalue weighted by atomic mass is 16.1. The molecule has 1 aliphatic rings. The first-order valence-electron chi connectivity index (χ1n) is 7.49. The van der Waals surface area contributed by atoms with E-state index >= 15 is 0 Å². The number of aromatic nitrogens is 2. The quantitative estimate of drug-likeness (QED) is 0.872. The Bertz CT molecular complexity index is 609. The molecular weight excluding hydrogens is 250 g/mol. The van der Waals surface area contributed by atoms with Gasteiger partial charge < -0.3 is 5.73 Å². The van der Waals surface area contributed by atoms with Gasteiger partial charge in [-0.15, -0.1) is 0 Å². The van der Waals surface area contributed by atoms with Gasteiger partial charge in [0.2, 0.25) is 5.91 Å². The number of hydrogen-bond acceptors (Lipinski definition) is 2. The number of carbonyl (C=O) groups is 1. The van der Waals surface area contributed by atoms with E-state index in [1.54, 1.807) is 6.07 Å². The first kappa shape index (κ1) is 13.2. The molecule has 1 saturated carbocycles. The summed E-state index contributed by atoms with van der Waals surface area (Å²) in [7, 11) is 0. The van der Waals surface area contributed by atoms with E-state index in [2.05, 4.69) is 5.10 Å². The SMILES string of the molecule is NC(=O)c1ccc2cnn(CC3CCCCCC3)c2c1. The lowest BCUT2D eigenvalue weighted by Gasteiger charge is -2.14. The molecule has 0 bridgehead atoms. The minimum absolute atomic E-state index is 0.380. The van der Waals surface area contributed by atoms with Crippen LogP contribution in [0.25, 0.3) is 10.9 Å². The normalized spacial score (nSPS) is 17.2. The molecule has 0 aliphatic heterocycles. The standard InChI is InChI=1S/C16H21N3O/c17-16(20)13-7-8-14-10-18-19(15(14)9-13)11-12-5-3-1-2-4-6-12/h7-10,12H,1-6,11H2,(H2,17,20). The number of rotatable bonds is 3. The largest absolute Gasteiger partial charge is 0.366 e. The summed E-state index contributed by atoms with van der Waals surface area (Å²) in [6, 6.07) is 5.55. The average molecular weight is 271 g/mol. The number of primary amides is 1. The van der Waals surface area contributed by atoms with Crippen LogP contribution in [0.15, 0.2) is 24.4 Å². The van der Waals surface area contributed by atoms with Crippen molar-refractivity contribution >= 4 is 16.8 Å². The highest BCUT2D eigenvalue weighted by Crippen LogP contribution is 2.25. The van der Waals surface area contributed by atoms with Gasteiger partial charge in [0.05, 0.1) is 11.7 Å². The van der Waals surface area contributed by atoms with Crippen LogP contribution in [0.2, 0.25) is 0 Å². The molecule has 0 saturated heterocycles. The fraction of sp³-hybridized carbons (Fsp3) is 0.500. The molecule has 1 aromatic heterocycles. The summed E-state index contributed by atoms with van der Waals surface area (Å²) < 4.78 is 2.04. The Morgan fingerprint density at radius 3 is 2.70 bits per heavy atom. The summed E-state index contributed by atoms with van der Waals surface area (Å²) >= 11 is 0. The van der Waals surface area contributed by atoms with Gasteiger partial charge in [-0.05, 0) is 30.9 Å². The van der Waals surface area contributed by atoms with Gasteiger partial charge in [-0.1, -0.05) is 31.7 Å². The van der Waals surface area contributed by atoms with Crippen LogP contribution < -0.4 is 5.73 Å². The van der Waals surface area contributed by atoms with E-state index in [0.29, 0.717) is 11.5 Å². The number of carbonyl (C=O) groups excluding carboxylic acids is 1. The second kappa shape index (κ2) is 5.65. The molecule has 106 valence electrons. The van der Waals surface area contributed by atoms with E-state index in [0.717, 1.165) is 17.4 Å². The minimum atomic E-state index is -0.380. The van der Waals surface area contributed by atoms with Crippen molar-refractivity contribution in [3.8, 4) is 0 Å². The number of nitrogens with zero attached hydrogens (tertiary/aromatic N) is 2. The van der Waals surface area contributed by atoms with Crippen molar-refractivity contribution in [2.24, 2.45) is 11.7 Å². The molecule has 1 amide bonds. The molecule has 2 aromatic rings. The molecule has 2 N–H and O–H groups in total. The van der Waals surface area contributed by atoms with Gasteiger partial charge >= 0.3 is 0 Å². The Morgan fingerprint density at radius 2 is 2.00 bits per heavy atom. The zero-order valence-corrected chi connectivity index (χ0v) is 11.7. The van der Waals surface area contributed by atoms with Crippen molar-refractivity contribution in [1.29, 1.82) is 0 Å². The third kappa shape index (κ3) is 2.69. The molecule has 1 aromatic carbocycles. The van der Waals surface area contributed by atoms with E-state index in [9.17, 15) is 4.79 Å². The fourth-order valence-electron chi connectivity index (χ4n) is 3.16. The molecule has 3 rings (SSSR count). The van der Waals surface area contributed by atoms with Crippen molar-refractivity contribution in [3.63, 3.8) is 0 Å². The minimum Gasteiger partial charge on any atom is -0.366 e. The highest BCUT2D eigenvalue weighted by molar-refractivity contribution is 5.96. The molecular formula is C16H21N3O. The average Bonchev–Trinajstić information content (AvgIpc) is 2.66. The summed E-state index contributed by atoms with van der Waals surface area (Å²) in [5.74, 6) is 0.326. The molecule has 1 heterocycles. The van der Waals surface area contributed by atoms with Crippen molar-refractivity contribution < 1.29 is 4.79 Å². The summed E-state index contributed by atoms with van der Waals surface area (Å²) in [6.07, 6.45) is 9.84. The molecule has 4 heteroatoms. The molecule has 20 heavy (non-hydrogen) atoms. The second-order valence-corrected chi connectivity index (χ2v) is 5.82. The monoisotopic (exact) mass is 271 g/mol. The predicted octanol–water partition coefficient (Wildman–Crippen LogP) is 3.11. The van der Waals surface area contributed by atoms with E-state index in [1.807, 2.05) is 23.0 Å². The first-order chi connectivity index (χ1) is 9.74. The van der Waals surface area contributed by atoms with Crippen LogP contribution in [-0.4, -0.2) is 15.7 Å². The third-order valence-electron chi connectivity index (χ3n) is 4.34. The molecule has 0 radical (unpaired) electrons. The van der Waals surface area contributed by atoms with Gasteiger partial charge in [0, 0.05) is 17.5 Å². The van der Waals surface area contributed by atoms with Crippen molar-refractivity contribution in [3.05, 3.63) is 30.0 Å². The lowest BCUT2D eigenvalue weighted by Crippen LogP contribution is -2.13.